The maximum absolute atomic E-state index is 13.2. The molecule has 112 valence electrons. The van der Waals surface area contributed by atoms with Gasteiger partial charge in [-0.25, -0.2) is 12.8 Å². The molecule has 0 spiro atoms. The minimum atomic E-state index is -3.64. The number of nitrogens with zero attached hydrogens (tertiary/aromatic N) is 1. The predicted octanol–water partition coefficient (Wildman–Crippen LogP) is 3.68. The molecule has 0 unspecified atom stereocenters. The Balaban J connectivity index is 2.42. The maximum Gasteiger partial charge on any atom is 0.243 e. The van der Waals surface area contributed by atoms with Crippen molar-refractivity contribution in [2.75, 3.05) is 0 Å². The van der Waals surface area contributed by atoms with Crippen LogP contribution in [0.3, 0.4) is 0 Å². The van der Waals surface area contributed by atoms with E-state index in [1.807, 2.05) is 20.8 Å². The van der Waals surface area contributed by atoms with E-state index in [9.17, 15) is 12.8 Å². The highest BCUT2D eigenvalue weighted by molar-refractivity contribution is 7.89. The molecule has 3 nitrogen and oxygen atoms in total. The predicted molar refractivity (Wildman–Crippen MR) is 77.8 cm³/mol. The lowest BCUT2D eigenvalue weighted by Gasteiger charge is -2.31. The van der Waals surface area contributed by atoms with Crippen LogP contribution in [-0.4, -0.2) is 24.8 Å². The van der Waals surface area contributed by atoms with Crippen molar-refractivity contribution in [1.29, 1.82) is 0 Å². The summed E-state index contributed by atoms with van der Waals surface area (Å²) in [6.07, 6.45) is 1.76. The molecule has 0 saturated heterocycles. The van der Waals surface area contributed by atoms with Gasteiger partial charge >= 0.3 is 0 Å². The maximum atomic E-state index is 13.2. The number of hydrogen-bond acceptors (Lipinski definition) is 2. The van der Waals surface area contributed by atoms with Crippen LogP contribution in [0.1, 0.15) is 33.6 Å². The van der Waals surface area contributed by atoms with Crippen molar-refractivity contribution in [2.45, 2.75) is 50.6 Å². The van der Waals surface area contributed by atoms with Crippen molar-refractivity contribution in [3.8, 4) is 0 Å². The summed E-state index contributed by atoms with van der Waals surface area (Å²) in [5.41, 5.74) is 0. The minimum absolute atomic E-state index is 0.0567. The summed E-state index contributed by atoms with van der Waals surface area (Å²) in [4.78, 5) is 0.0586. The van der Waals surface area contributed by atoms with Gasteiger partial charge in [0.05, 0.1) is 9.92 Å². The molecule has 1 aliphatic rings. The van der Waals surface area contributed by atoms with E-state index in [1.165, 1.54) is 12.1 Å². The molecule has 1 fully saturated rings. The number of benzene rings is 1. The third-order valence-corrected chi connectivity index (χ3v) is 6.06. The summed E-state index contributed by atoms with van der Waals surface area (Å²) in [5, 5.41) is -0.168. The average Bonchev–Trinajstić information content (AvgIpc) is 3.16. The van der Waals surface area contributed by atoms with Crippen LogP contribution in [0.25, 0.3) is 0 Å². The first-order valence-corrected chi connectivity index (χ1v) is 8.55. The van der Waals surface area contributed by atoms with Crippen molar-refractivity contribution in [3.63, 3.8) is 0 Å². The summed E-state index contributed by atoms with van der Waals surface area (Å²) in [6, 6.07) is 3.52. The Labute approximate surface area is 124 Å². The van der Waals surface area contributed by atoms with Crippen LogP contribution in [0.5, 0.6) is 0 Å². The van der Waals surface area contributed by atoms with Crippen molar-refractivity contribution in [2.24, 2.45) is 5.92 Å². The molecule has 0 radical (unpaired) electrons. The van der Waals surface area contributed by atoms with E-state index in [0.29, 0.717) is 0 Å². The van der Waals surface area contributed by atoms with Crippen LogP contribution in [0.2, 0.25) is 5.02 Å². The van der Waals surface area contributed by atoms with Gasteiger partial charge < -0.3 is 0 Å². The van der Waals surface area contributed by atoms with Crippen LogP contribution in [0.15, 0.2) is 23.1 Å². The lowest BCUT2D eigenvalue weighted by molar-refractivity contribution is 0.269. The fraction of sp³-hybridized carbons (Fsp3) is 0.571. The molecule has 1 aromatic rings. The molecule has 0 bridgehead atoms. The van der Waals surface area contributed by atoms with Crippen LogP contribution >= 0.6 is 11.6 Å². The highest BCUT2D eigenvalue weighted by Crippen LogP contribution is 2.36. The Morgan fingerprint density at radius 1 is 1.30 bits per heavy atom. The van der Waals surface area contributed by atoms with Crippen LogP contribution in [0.4, 0.5) is 4.39 Å². The van der Waals surface area contributed by atoms with Gasteiger partial charge in [0.15, 0.2) is 0 Å². The molecular formula is C14H19ClFNO2S. The van der Waals surface area contributed by atoms with Gasteiger partial charge in [0.25, 0.3) is 0 Å². The van der Waals surface area contributed by atoms with E-state index >= 15 is 0 Å². The zero-order valence-electron chi connectivity index (χ0n) is 11.8. The average molecular weight is 320 g/mol. The summed E-state index contributed by atoms with van der Waals surface area (Å²) in [7, 11) is -3.64. The monoisotopic (exact) mass is 319 g/mol. The van der Waals surface area contributed by atoms with Gasteiger partial charge in [0, 0.05) is 12.1 Å². The first kappa shape index (κ1) is 15.7. The van der Waals surface area contributed by atoms with Crippen LogP contribution in [-0.2, 0) is 10.0 Å². The number of rotatable bonds is 5. The number of halogens is 2. The number of sulfonamides is 1. The molecule has 2 rings (SSSR count). The van der Waals surface area contributed by atoms with Crippen LogP contribution < -0.4 is 0 Å². The van der Waals surface area contributed by atoms with Gasteiger partial charge in [-0.15, -0.1) is 0 Å². The Bertz CT molecular complexity index is 599. The Morgan fingerprint density at radius 3 is 2.35 bits per heavy atom. The topological polar surface area (TPSA) is 37.4 Å². The quantitative estimate of drug-likeness (QED) is 0.830. The lowest BCUT2D eigenvalue weighted by Crippen LogP contribution is -2.43. The molecule has 0 aromatic heterocycles. The van der Waals surface area contributed by atoms with Gasteiger partial charge in [-0.1, -0.05) is 25.4 Å². The molecule has 20 heavy (non-hydrogen) atoms. The molecule has 0 amide bonds. The highest BCUT2D eigenvalue weighted by Gasteiger charge is 2.41. The van der Waals surface area contributed by atoms with Gasteiger partial charge in [-0.05, 0) is 43.9 Å². The van der Waals surface area contributed by atoms with Gasteiger partial charge in [-0.2, -0.15) is 4.31 Å². The second-order valence-electron chi connectivity index (χ2n) is 5.63. The van der Waals surface area contributed by atoms with Crippen molar-refractivity contribution < 1.29 is 12.8 Å². The summed E-state index contributed by atoms with van der Waals surface area (Å²) < 4.78 is 40.3. The molecule has 1 aromatic carbocycles. The second-order valence-corrected chi connectivity index (χ2v) is 7.88. The fourth-order valence-corrected chi connectivity index (χ4v) is 4.41. The summed E-state index contributed by atoms with van der Waals surface area (Å²) in [6.45, 7) is 5.89. The van der Waals surface area contributed by atoms with Crippen molar-refractivity contribution >= 4 is 21.6 Å². The second kappa shape index (κ2) is 5.62. The minimum Gasteiger partial charge on any atom is -0.207 e. The van der Waals surface area contributed by atoms with Gasteiger partial charge in [0.1, 0.15) is 5.82 Å². The Kier molecular flexibility index (Phi) is 4.42. The van der Waals surface area contributed by atoms with Crippen LogP contribution in [0, 0.1) is 11.7 Å². The fourth-order valence-electron chi connectivity index (χ4n) is 2.13. The van der Waals surface area contributed by atoms with E-state index in [4.69, 9.17) is 11.6 Å². The van der Waals surface area contributed by atoms with Gasteiger partial charge in [0.2, 0.25) is 10.0 Å². The molecule has 6 heteroatoms. The third-order valence-electron chi connectivity index (χ3n) is 3.74. The molecule has 0 heterocycles. The first-order chi connectivity index (χ1) is 9.25. The number of hydrogen-bond donors (Lipinski definition) is 0. The van der Waals surface area contributed by atoms with Crippen molar-refractivity contribution in [1.82, 2.24) is 4.31 Å². The highest BCUT2D eigenvalue weighted by atomic mass is 35.5. The smallest absolute Gasteiger partial charge is 0.207 e. The molecule has 1 aliphatic carbocycles. The Hall–Kier alpha value is -0.650. The summed E-state index contributed by atoms with van der Waals surface area (Å²) >= 11 is 5.70. The normalized spacial score (nSPS) is 17.8. The van der Waals surface area contributed by atoms with E-state index in [1.54, 1.807) is 4.31 Å². The molecular weight excluding hydrogens is 301 g/mol. The standard InChI is InChI=1S/C14H19ClFNO2S/c1-9(2)10(3)17(11-4-5-11)20(18,19)12-6-7-14(16)13(15)8-12/h6-11H,4-5H2,1-3H3/t10-/m1/s1. The summed E-state index contributed by atoms with van der Waals surface area (Å²) in [5.74, 6) is -0.401. The zero-order chi connectivity index (χ0) is 15.1. The van der Waals surface area contributed by atoms with Crippen molar-refractivity contribution in [3.05, 3.63) is 29.0 Å². The van der Waals surface area contributed by atoms with E-state index in [-0.39, 0.29) is 27.9 Å². The largest absolute Gasteiger partial charge is 0.243 e. The van der Waals surface area contributed by atoms with E-state index < -0.39 is 15.8 Å². The van der Waals surface area contributed by atoms with Gasteiger partial charge in [-0.3, -0.25) is 0 Å². The zero-order valence-corrected chi connectivity index (χ0v) is 13.4. The molecule has 1 saturated carbocycles. The van der Waals surface area contributed by atoms with E-state index in [2.05, 4.69) is 0 Å². The SMILES string of the molecule is CC(C)[C@@H](C)N(C1CC1)S(=O)(=O)c1ccc(F)c(Cl)c1. The van der Waals surface area contributed by atoms with E-state index in [0.717, 1.165) is 18.9 Å². The Morgan fingerprint density at radius 2 is 1.90 bits per heavy atom. The molecule has 0 N–H and O–H groups in total. The third kappa shape index (κ3) is 3.00. The first-order valence-electron chi connectivity index (χ1n) is 6.73. The molecule has 0 aliphatic heterocycles. The lowest BCUT2D eigenvalue weighted by atomic mass is 10.1. The molecule has 1 atom stereocenters.